The summed E-state index contributed by atoms with van der Waals surface area (Å²) in [6, 6.07) is 4.71. The Morgan fingerprint density at radius 2 is 2.18 bits per heavy atom. The number of amides is 1. The maximum absolute atomic E-state index is 11.8. The van der Waals surface area contributed by atoms with Crippen LogP contribution in [0.4, 0.5) is 5.69 Å². The van der Waals surface area contributed by atoms with Crippen molar-refractivity contribution in [2.24, 2.45) is 5.92 Å². The van der Waals surface area contributed by atoms with Crippen LogP contribution in [0.5, 0.6) is 0 Å². The van der Waals surface area contributed by atoms with Gasteiger partial charge in [-0.05, 0) is 24.1 Å². The van der Waals surface area contributed by atoms with Gasteiger partial charge in [-0.1, -0.05) is 25.4 Å². The molecule has 0 aliphatic carbocycles. The summed E-state index contributed by atoms with van der Waals surface area (Å²) in [5.74, 6) is -0.239. The van der Waals surface area contributed by atoms with Crippen LogP contribution in [0.1, 0.15) is 24.2 Å². The molecule has 94 valence electrons. The zero-order valence-corrected chi connectivity index (χ0v) is 10.7. The molecule has 0 aromatic heterocycles. The van der Waals surface area contributed by atoms with Crippen molar-refractivity contribution in [3.8, 4) is 0 Å². The molecule has 0 bridgehead atoms. The van der Waals surface area contributed by atoms with E-state index in [9.17, 15) is 9.90 Å². The van der Waals surface area contributed by atoms with Crippen LogP contribution >= 0.6 is 11.6 Å². The third-order valence-electron chi connectivity index (χ3n) is 2.50. The fourth-order valence-corrected chi connectivity index (χ4v) is 1.43. The van der Waals surface area contributed by atoms with Crippen molar-refractivity contribution in [1.29, 1.82) is 0 Å². The molecule has 0 saturated carbocycles. The summed E-state index contributed by atoms with van der Waals surface area (Å²) in [5.41, 5.74) is 6.37. The molecule has 0 fully saturated rings. The first kappa shape index (κ1) is 13.8. The third kappa shape index (κ3) is 3.91. The van der Waals surface area contributed by atoms with E-state index < -0.39 is 6.10 Å². The quantitative estimate of drug-likeness (QED) is 0.718. The lowest BCUT2D eigenvalue weighted by Crippen LogP contribution is -2.35. The molecule has 0 saturated heterocycles. The molecule has 5 heteroatoms. The van der Waals surface area contributed by atoms with Crippen molar-refractivity contribution >= 4 is 23.2 Å². The highest BCUT2D eigenvalue weighted by Crippen LogP contribution is 2.17. The van der Waals surface area contributed by atoms with Crippen LogP contribution in [0.3, 0.4) is 0 Å². The molecule has 1 unspecified atom stereocenters. The Balaban J connectivity index is 2.67. The van der Waals surface area contributed by atoms with Gasteiger partial charge in [0.25, 0.3) is 5.91 Å². The maximum Gasteiger partial charge on any atom is 0.253 e. The number of halogens is 1. The molecule has 1 atom stereocenters. The minimum Gasteiger partial charge on any atom is -0.398 e. The molecule has 1 amide bonds. The van der Waals surface area contributed by atoms with Crippen molar-refractivity contribution in [2.75, 3.05) is 12.3 Å². The highest BCUT2D eigenvalue weighted by Gasteiger charge is 2.14. The summed E-state index contributed by atoms with van der Waals surface area (Å²) < 4.78 is 0. The second kappa shape index (κ2) is 5.89. The van der Waals surface area contributed by atoms with Crippen LogP contribution in [0, 0.1) is 5.92 Å². The van der Waals surface area contributed by atoms with E-state index in [1.165, 1.54) is 6.07 Å². The van der Waals surface area contributed by atoms with Crippen LogP contribution in [-0.4, -0.2) is 23.7 Å². The highest BCUT2D eigenvalue weighted by atomic mass is 35.5. The van der Waals surface area contributed by atoms with Crippen molar-refractivity contribution in [3.63, 3.8) is 0 Å². The number of aliphatic hydroxyl groups is 1. The number of nitrogens with two attached hydrogens (primary N) is 1. The zero-order valence-electron chi connectivity index (χ0n) is 9.90. The van der Waals surface area contributed by atoms with Crippen LogP contribution in [0.2, 0.25) is 5.02 Å². The molecular formula is C12H17ClN2O2. The Morgan fingerprint density at radius 1 is 1.53 bits per heavy atom. The normalized spacial score (nSPS) is 12.5. The van der Waals surface area contributed by atoms with Gasteiger partial charge >= 0.3 is 0 Å². The van der Waals surface area contributed by atoms with E-state index in [0.29, 0.717) is 16.3 Å². The number of nitrogens with one attached hydrogen (secondary N) is 1. The summed E-state index contributed by atoms with van der Waals surface area (Å²) in [5, 5.41) is 12.6. The lowest BCUT2D eigenvalue weighted by Gasteiger charge is -2.15. The summed E-state index contributed by atoms with van der Waals surface area (Å²) in [7, 11) is 0. The first-order chi connectivity index (χ1) is 7.91. The Morgan fingerprint density at radius 3 is 2.76 bits per heavy atom. The molecule has 0 radical (unpaired) electrons. The SMILES string of the molecule is CC(C)C(O)CNC(=O)c1cc(Cl)ccc1N. The predicted octanol–water partition coefficient (Wildman–Crippen LogP) is 1.67. The summed E-state index contributed by atoms with van der Waals surface area (Å²) in [4.78, 5) is 11.8. The number of carbonyl (C=O) groups excluding carboxylic acids is 1. The molecule has 1 rings (SSSR count). The van der Waals surface area contributed by atoms with E-state index in [1.807, 2.05) is 13.8 Å². The number of nitrogen functional groups attached to an aromatic ring is 1. The average Bonchev–Trinajstić information content (AvgIpc) is 2.28. The van der Waals surface area contributed by atoms with Gasteiger partial charge in [-0.15, -0.1) is 0 Å². The number of rotatable bonds is 4. The van der Waals surface area contributed by atoms with E-state index in [0.717, 1.165) is 0 Å². The molecular weight excluding hydrogens is 240 g/mol. The predicted molar refractivity (Wildman–Crippen MR) is 69.0 cm³/mol. The Labute approximate surface area is 106 Å². The molecule has 1 aromatic rings. The standard InChI is InChI=1S/C12H17ClN2O2/c1-7(2)11(16)6-15-12(17)9-5-8(13)3-4-10(9)14/h3-5,7,11,16H,6,14H2,1-2H3,(H,15,17). The molecule has 4 nitrogen and oxygen atoms in total. The van der Waals surface area contributed by atoms with Gasteiger partial charge in [-0.2, -0.15) is 0 Å². The Bertz CT molecular complexity index is 407. The highest BCUT2D eigenvalue weighted by molar-refractivity contribution is 6.31. The van der Waals surface area contributed by atoms with Gasteiger partial charge in [0, 0.05) is 17.3 Å². The fraction of sp³-hybridized carbons (Fsp3) is 0.417. The number of anilines is 1. The van der Waals surface area contributed by atoms with Crippen molar-refractivity contribution < 1.29 is 9.90 Å². The van der Waals surface area contributed by atoms with E-state index >= 15 is 0 Å². The minimum absolute atomic E-state index is 0.0898. The van der Waals surface area contributed by atoms with Crippen LogP contribution in [0.15, 0.2) is 18.2 Å². The molecule has 0 aliphatic rings. The first-order valence-electron chi connectivity index (χ1n) is 5.43. The van der Waals surface area contributed by atoms with Gasteiger partial charge < -0.3 is 16.2 Å². The number of carbonyl (C=O) groups is 1. The maximum atomic E-state index is 11.8. The lowest BCUT2D eigenvalue weighted by atomic mass is 10.1. The van der Waals surface area contributed by atoms with Crippen LogP contribution < -0.4 is 11.1 Å². The van der Waals surface area contributed by atoms with Crippen molar-refractivity contribution in [2.45, 2.75) is 20.0 Å². The van der Waals surface area contributed by atoms with E-state index in [4.69, 9.17) is 17.3 Å². The zero-order chi connectivity index (χ0) is 13.0. The van der Waals surface area contributed by atoms with Gasteiger partial charge in [0.1, 0.15) is 0 Å². The molecule has 4 N–H and O–H groups in total. The molecule has 1 aromatic carbocycles. The Kier molecular flexibility index (Phi) is 4.78. The number of aliphatic hydroxyl groups excluding tert-OH is 1. The van der Waals surface area contributed by atoms with E-state index in [1.54, 1.807) is 12.1 Å². The first-order valence-corrected chi connectivity index (χ1v) is 5.81. The number of hydrogen-bond donors (Lipinski definition) is 3. The molecule has 0 aliphatic heterocycles. The van der Waals surface area contributed by atoms with Crippen molar-refractivity contribution in [3.05, 3.63) is 28.8 Å². The summed E-state index contributed by atoms with van der Waals surface area (Å²) in [6.45, 7) is 3.96. The largest absolute Gasteiger partial charge is 0.398 e. The van der Waals surface area contributed by atoms with Crippen LogP contribution in [-0.2, 0) is 0 Å². The lowest BCUT2D eigenvalue weighted by molar-refractivity contribution is 0.0872. The number of hydrogen-bond acceptors (Lipinski definition) is 3. The second-order valence-electron chi connectivity index (χ2n) is 4.25. The van der Waals surface area contributed by atoms with Gasteiger partial charge in [-0.3, -0.25) is 4.79 Å². The van der Waals surface area contributed by atoms with Crippen LogP contribution in [0.25, 0.3) is 0 Å². The molecule has 0 heterocycles. The van der Waals surface area contributed by atoms with Gasteiger partial charge in [-0.25, -0.2) is 0 Å². The van der Waals surface area contributed by atoms with Gasteiger partial charge in [0.15, 0.2) is 0 Å². The van der Waals surface area contributed by atoms with Crippen molar-refractivity contribution in [1.82, 2.24) is 5.32 Å². The fourth-order valence-electron chi connectivity index (χ4n) is 1.25. The number of benzene rings is 1. The third-order valence-corrected chi connectivity index (χ3v) is 2.74. The van der Waals surface area contributed by atoms with Gasteiger partial charge in [0.2, 0.25) is 0 Å². The smallest absolute Gasteiger partial charge is 0.253 e. The van der Waals surface area contributed by atoms with E-state index in [-0.39, 0.29) is 18.4 Å². The molecule has 17 heavy (non-hydrogen) atoms. The summed E-state index contributed by atoms with van der Waals surface area (Å²) in [6.07, 6.45) is -0.570. The van der Waals surface area contributed by atoms with Gasteiger partial charge in [0.05, 0.1) is 11.7 Å². The second-order valence-corrected chi connectivity index (χ2v) is 4.69. The topological polar surface area (TPSA) is 75.3 Å². The monoisotopic (exact) mass is 256 g/mol. The minimum atomic E-state index is -0.570. The average molecular weight is 257 g/mol. The Hall–Kier alpha value is -1.26. The van der Waals surface area contributed by atoms with E-state index in [2.05, 4.69) is 5.32 Å². The molecule has 0 spiro atoms. The summed E-state index contributed by atoms with van der Waals surface area (Å²) >= 11 is 5.79.